The zero-order valence-corrected chi connectivity index (χ0v) is 19.7. The summed E-state index contributed by atoms with van der Waals surface area (Å²) in [6.07, 6.45) is 1.36. The van der Waals surface area contributed by atoms with E-state index in [1.165, 1.54) is 10.5 Å². The maximum Gasteiger partial charge on any atom is 0.415 e. The summed E-state index contributed by atoms with van der Waals surface area (Å²) < 4.78 is 7.70. The minimum atomic E-state index is -0.596. The molecule has 170 valence electrons. The summed E-state index contributed by atoms with van der Waals surface area (Å²) in [5.74, 6) is 2.25. The van der Waals surface area contributed by atoms with Crippen LogP contribution < -0.4 is 4.90 Å². The third kappa shape index (κ3) is 3.95. The van der Waals surface area contributed by atoms with Gasteiger partial charge in [0.05, 0.1) is 11.6 Å². The molecule has 8 nitrogen and oxygen atoms in total. The number of aromatic nitrogens is 5. The summed E-state index contributed by atoms with van der Waals surface area (Å²) in [5.41, 5.74) is 2.30. The van der Waals surface area contributed by atoms with E-state index in [0.29, 0.717) is 10.8 Å². The van der Waals surface area contributed by atoms with Crippen LogP contribution >= 0.6 is 11.6 Å². The van der Waals surface area contributed by atoms with Gasteiger partial charge in [0.1, 0.15) is 11.4 Å². The molecule has 1 atom stereocenters. The molecular formula is C24H25ClN6O2. The van der Waals surface area contributed by atoms with Gasteiger partial charge in [-0.2, -0.15) is 5.10 Å². The maximum absolute atomic E-state index is 12.6. The molecule has 0 aliphatic carbocycles. The molecule has 2 aromatic heterocycles. The first-order chi connectivity index (χ1) is 15.7. The summed E-state index contributed by atoms with van der Waals surface area (Å²) in [5, 5.41) is 17.8. The average Bonchev–Trinajstić information content (AvgIpc) is 3.47. The number of nitrogens with zero attached hydrogens (tertiary/aromatic N) is 5. The Kier molecular flexibility index (Phi) is 5.12. The number of anilines is 1. The number of hydrogen-bond donors (Lipinski definition) is 1. The summed E-state index contributed by atoms with van der Waals surface area (Å²) in [7, 11) is 1.65. The highest BCUT2D eigenvalue weighted by atomic mass is 35.5. The Morgan fingerprint density at radius 3 is 2.67 bits per heavy atom. The van der Waals surface area contributed by atoms with Gasteiger partial charge in [-0.1, -0.05) is 23.7 Å². The molecule has 1 aliphatic heterocycles. The van der Waals surface area contributed by atoms with Crippen molar-refractivity contribution >= 4 is 34.4 Å². The lowest BCUT2D eigenvalue weighted by molar-refractivity contribution is 0.0588. The predicted molar refractivity (Wildman–Crippen MR) is 128 cm³/mol. The van der Waals surface area contributed by atoms with Gasteiger partial charge in [-0.15, -0.1) is 10.2 Å². The number of H-pyrrole nitrogens is 1. The van der Waals surface area contributed by atoms with Crippen LogP contribution in [0.15, 0.2) is 42.5 Å². The van der Waals surface area contributed by atoms with Crippen molar-refractivity contribution in [2.75, 3.05) is 11.9 Å². The topological polar surface area (TPSA) is 88.9 Å². The fourth-order valence-electron chi connectivity index (χ4n) is 4.23. The van der Waals surface area contributed by atoms with Crippen LogP contribution in [0.25, 0.3) is 22.3 Å². The second kappa shape index (κ2) is 7.88. The standard InChI is InChI=1S/C24H25ClN6O2/c1-24(2,3)33-23(32)30(4)22-17-13-15(7-10-18(17)26-29-22)21-28-27-20-12-11-19(31(20)21)14-5-8-16(25)9-6-14/h5-10,13,19H,11-12H2,1-4H3,(H,26,29). The van der Waals surface area contributed by atoms with E-state index in [-0.39, 0.29) is 6.04 Å². The number of rotatable bonds is 3. The second-order valence-corrected chi connectivity index (χ2v) is 9.70. The molecule has 0 bridgehead atoms. The number of fused-ring (bicyclic) bond motifs is 2. The van der Waals surface area contributed by atoms with Gasteiger partial charge in [-0.3, -0.25) is 10.00 Å². The fourth-order valence-corrected chi connectivity index (χ4v) is 4.35. The van der Waals surface area contributed by atoms with Gasteiger partial charge in [-0.05, 0) is 63.1 Å². The van der Waals surface area contributed by atoms with Crippen LogP contribution in [0, 0.1) is 0 Å². The minimum Gasteiger partial charge on any atom is -0.443 e. The first-order valence-electron chi connectivity index (χ1n) is 10.9. The molecule has 0 saturated carbocycles. The van der Waals surface area contributed by atoms with Gasteiger partial charge in [0, 0.05) is 29.4 Å². The van der Waals surface area contributed by atoms with E-state index in [0.717, 1.165) is 41.0 Å². The zero-order valence-electron chi connectivity index (χ0n) is 19.0. The number of aromatic amines is 1. The Bertz CT molecular complexity index is 1340. The van der Waals surface area contributed by atoms with Gasteiger partial charge in [0.15, 0.2) is 11.6 Å². The number of carbonyl (C=O) groups excluding carboxylic acids is 1. The molecular weight excluding hydrogens is 440 g/mol. The van der Waals surface area contributed by atoms with Gasteiger partial charge in [0.25, 0.3) is 0 Å². The van der Waals surface area contributed by atoms with Crippen molar-refractivity contribution in [2.45, 2.75) is 45.3 Å². The number of amides is 1. The average molecular weight is 465 g/mol. The number of benzene rings is 2. The minimum absolute atomic E-state index is 0.145. The molecule has 0 radical (unpaired) electrons. The molecule has 1 N–H and O–H groups in total. The van der Waals surface area contributed by atoms with Crippen LogP contribution in [-0.4, -0.2) is 43.7 Å². The smallest absolute Gasteiger partial charge is 0.415 e. The largest absolute Gasteiger partial charge is 0.443 e. The number of aryl methyl sites for hydroxylation is 1. The van der Waals surface area contributed by atoms with Crippen molar-refractivity contribution in [1.29, 1.82) is 0 Å². The molecule has 2 aromatic carbocycles. The van der Waals surface area contributed by atoms with Crippen LogP contribution in [0.5, 0.6) is 0 Å². The molecule has 0 saturated heterocycles. The molecule has 3 heterocycles. The Morgan fingerprint density at radius 2 is 1.94 bits per heavy atom. The van der Waals surface area contributed by atoms with Crippen molar-refractivity contribution in [3.05, 3.63) is 58.9 Å². The van der Waals surface area contributed by atoms with Crippen LogP contribution in [-0.2, 0) is 11.2 Å². The van der Waals surface area contributed by atoms with E-state index in [9.17, 15) is 4.79 Å². The number of halogens is 1. The Balaban J connectivity index is 1.53. The van der Waals surface area contributed by atoms with Crippen LogP contribution in [0.2, 0.25) is 5.02 Å². The lowest BCUT2D eigenvalue weighted by atomic mass is 10.0. The van der Waals surface area contributed by atoms with Gasteiger partial charge in [0.2, 0.25) is 0 Å². The molecule has 33 heavy (non-hydrogen) atoms. The third-order valence-electron chi connectivity index (χ3n) is 5.76. The number of hydrogen-bond acceptors (Lipinski definition) is 5. The van der Waals surface area contributed by atoms with E-state index >= 15 is 0 Å². The summed E-state index contributed by atoms with van der Waals surface area (Å²) >= 11 is 6.09. The van der Waals surface area contributed by atoms with E-state index in [2.05, 4.69) is 37.1 Å². The van der Waals surface area contributed by atoms with Crippen molar-refractivity contribution in [3.63, 3.8) is 0 Å². The Morgan fingerprint density at radius 1 is 1.18 bits per heavy atom. The number of ether oxygens (including phenoxy) is 1. The van der Waals surface area contributed by atoms with E-state index in [1.807, 2.05) is 51.1 Å². The fraction of sp³-hybridized carbons (Fsp3) is 0.333. The highest BCUT2D eigenvalue weighted by Crippen LogP contribution is 2.37. The Labute approximate surface area is 196 Å². The van der Waals surface area contributed by atoms with Crippen LogP contribution in [0.4, 0.5) is 10.6 Å². The summed E-state index contributed by atoms with van der Waals surface area (Å²) in [6.45, 7) is 5.51. The SMILES string of the molecule is CN(C(=O)OC(C)(C)C)c1n[nH]c2ccc(-c3nnc4n3C(c3ccc(Cl)cc3)CC4)cc12. The van der Waals surface area contributed by atoms with Crippen molar-refractivity contribution in [1.82, 2.24) is 25.0 Å². The lowest BCUT2D eigenvalue weighted by Crippen LogP contribution is -2.34. The maximum atomic E-state index is 12.6. The van der Waals surface area contributed by atoms with Crippen LogP contribution in [0.3, 0.4) is 0 Å². The highest BCUT2D eigenvalue weighted by molar-refractivity contribution is 6.30. The number of nitrogens with one attached hydrogen (secondary N) is 1. The molecule has 5 rings (SSSR count). The first-order valence-corrected chi connectivity index (χ1v) is 11.2. The van der Waals surface area contributed by atoms with Gasteiger partial charge >= 0.3 is 6.09 Å². The van der Waals surface area contributed by atoms with Crippen LogP contribution in [0.1, 0.15) is 44.6 Å². The molecule has 1 aliphatic rings. The molecule has 0 spiro atoms. The highest BCUT2D eigenvalue weighted by Gasteiger charge is 2.29. The summed E-state index contributed by atoms with van der Waals surface area (Å²) in [4.78, 5) is 14.0. The van der Waals surface area contributed by atoms with Gasteiger partial charge < -0.3 is 9.30 Å². The van der Waals surface area contributed by atoms with Crippen molar-refractivity contribution in [3.8, 4) is 11.4 Å². The predicted octanol–water partition coefficient (Wildman–Crippen LogP) is 5.38. The van der Waals surface area contributed by atoms with Crippen molar-refractivity contribution in [2.24, 2.45) is 0 Å². The normalized spacial score (nSPS) is 15.6. The molecule has 1 amide bonds. The van der Waals surface area contributed by atoms with E-state index in [4.69, 9.17) is 16.3 Å². The molecule has 0 fully saturated rings. The third-order valence-corrected chi connectivity index (χ3v) is 6.01. The Hall–Kier alpha value is -3.39. The lowest BCUT2D eigenvalue weighted by Gasteiger charge is -2.23. The first kappa shape index (κ1) is 21.5. The molecule has 1 unspecified atom stereocenters. The second-order valence-electron chi connectivity index (χ2n) is 9.26. The van der Waals surface area contributed by atoms with E-state index < -0.39 is 11.7 Å². The quantitative estimate of drug-likeness (QED) is 0.439. The monoisotopic (exact) mass is 464 g/mol. The summed E-state index contributed by atoms with van der Waals surface area (Å²) in [6, 6.07) is 14.0. The van der Waals surface area contributed by atoms with Crippen molar-refractivity contribution < 1.29 is 9.53 Å². The molecule has 9 heteroatoms. The zero-order chi connectivity index (χ0) is 23.3. The van der Waals surface area contributed by atoms with E-state index in [1.54, 1.807) is 7.05 Å². The number of carbonyl (C=O) groups is 1. The van der Waals surface area contributed by atoms with Gasteiger partial charge in [-0.25, -0.2) is 4.79 Å². The molecule has 4 aromatic rings.